The lowest BCUT2D eigenvalue weighted by Crippen LogP contribution is -2.31. The summed E-state index contributed by atoms with van der Waals surface area (Å²) in [7, 11) is 1.57. The smallest absolute Gasteiger partial charge is 0.263 e. The molecule has 3 rings (SSSR count). The average Bonchev–Trinajstić information content (AvgIpc) is 3.15. The molecule has 1 amide bonds. The molecule has 0 N–H and O–H groups in total. The summed E-state index contributed by atoms with van der Waals surface area (Å²) >= 11 is 1.42. The lowest BCUT2D eigenvalue weighted by Gasteiger charge is -2.19. The molecule has 0 atom stereocenters. The van der Waals surface area contributed by atoms with Crippen LogP contribution in [0.15, 0.2) is 48.5 Å². The number of hydrogen-bond acceptors (Lipinski definition) is 5. The number of aromatic nitrogens is 2. The zero-order valence-corrected chi connectivity index (χ0v) is 15.9. The minimum absolute atomic E-state index is 0.128. The van der Waals surface area contributed by atoms with Gasteiger partial charge in [0.1, 0.15) is 10.8 Å². The summed E-state index contributed by atoms with van der Waals surface area (Å²) in [6, 6.07) is 15.3. The molecule has 0 bridgehead atoms. The SMILES string of the molecule is CCCN(C(=O)c1ccccc1OC)c1nnc(-c2cccc(C)c2)s1. The largest absolute Gasteiger partial charge is 0.496 e. The molecule has 26 heavy (non-hydrogen) atoms. The van der Waals surface area contributed by atoms with Crippen LogP contribution in [0.2, 0.25) is 0 Å². The topological polar surface area (TPSA) is 55.3 Å². The zero-order valence-electron chi connectivity index (χ0n) is 15.1. The Balaban J connectivity index is 1.95. The van der Waals surface area contributed by atoms with Crippen LogP contribution >= 0.6 is 11.3 Å². The Labute approximate surface area is 157 Å². The maximum atomic E-state index is 13.1. The van der Waals surface area contributed by atoms with E-state index in [4.69, 9.17) is 4.74 Å². The van der Waals surface area contributed by atoms with E-state index < -0.39 is 0 Å². The van der Waals surface area contributed by atoms with Gasteiger partial charge in [-0.1, -0.05) is 54.2 Å². The Bertz CT molecular complexity index is 907. The van der Waals surface area contributed by atoms with Gasteiger partial charge in [-0.05, 0) is 31.5 Å². The Morgan fingerprint density at radius 2 is 1.96 bits per heavy atom. The van der Waals surface area contributed by atoms with Crippen molar-refractivity contribution < 1.29 is 9.53 Å². The summed E-state index contributed by atoms with van der Waals surface area (Å²) in [6.45, 7) is 4.64. The van der Waals surface area contributed by atoms with Gasteiger partial charge in [0.2, 0.25) is 5.13 Å². The Morgan fingerprint density at radius 1 is 1.15 bits per heavy atom. The van der Waals surface area contributed by atoms with E-state index in [0.717, 1.165) is 22.6 Å². The van der Waals surface area contributed by atoms with Gasteiger partial charge in [0.25, 0.3) is 5.91 Å². The number of aryl methyl sites for hydroxylation is 1. The van der Waals surface area contributed by atoms with Crippen LogP contribution in [0.4, 0.5) is 5.13 Å². The van der Waals surface area contributed by atoms with Crippen molar-refractivity contribution in [3.8, 4) is 16.3 Å². The summed E-state index contributed by atoms with van der Waals surface area (Å²) < 4.78 is 5.34. The summed E-state index contributed by atoms with van der Waals surface area (Å²) in [5.41, 5.74) is 2.69. The van der Waals surface area contributed by atoms with E-state index in [-0.39, 0.29) is 5.91 Å². The number of rotatable bonds is 6. The molecule has 134 valence electrons. The van der Waals surface area contributed by atoms with Crippen molar-refractivity contribution in [3.05, 3.63) is 59.7 Å². The van der Waals surface area contributed by atoms with Crippen LogP contribution in [-0.2, 0) is 0 Å². The van der Waals surface area contributed by atoms with Gasteiger partial charge < -0.3 is 4.74 Å². The van der Waals surface area contributed by atoms with Crippen LogP contribution in [0.1, 0.15) is 29.3 Å². The number of hydrogen-bond donors (Lipinski definition) is 0. The van der Waals surface area contributed by atoms with Crippen molar-refractivity contribution >= 4 is 22.4 Å². The van der Waals surface area contributed by atoms with Crippen molar-refractivity contribution in [1.29, 1.82) is 0 Å². The lowest BCUT2D eigenvalue weighted by atomic mass is 10.1. The van der Waals surface area contributed by atoms with Crippen LogP contribution in [0.3, 0.4) is 0 Å². The number of ether oxygens (including phenoxy) is 1. The summed E-state index contributed by atoms with van der Waals surface area (Å²) in [5, 5.41) is 9.97. The van der Waals surface area contributed by atoms with Gasteiger partial charge in [-0.2, -0.15) is 0 Å². The minimum Gasteiger partial charge on any atom is -0.496 e. The molecule has 3 aromatic rings. The first-order valence-corrected chi connectivity index (χ1v) is 9.31. The van der Waals surface area contributed by atoms with Gasteiger partial charge >= 0.3 is 0 Å². The molecule has 0 fully saturated rings. The summed E-state index contributed by atoms with van der Waals surface area (Å²) in [6.07, 6.45) is 0.820. The molecule has 0 spiro atoms. The highest BCUT2D eigenvalue weighted by atomic mass is 32.1. The molecular weight excluding hydrogens is 346 g/mol. The lowest BCUT2D eigenvalue weighted by molar-refractivity contribution is 0.0984. The third kappa shape index (κ3) is 3.75. The van der Waals surface area contributed by atoms with Crippen molar-refractivity contribution in [2.24, 2.45) is 0 Å². The maximum absolute atomic E-state index is 13.1. The Morgan fingerprint density at radius 3 is 2.69 bits per heavy atom. The minimum atomic E-state index is -0.128. The van der Waals surface area contributed by atoms with Gasteiger partial charge in [-0.25, -0.2) is 0 Å². The number of carbonyl (C=O) groups excluding carboxylic acids is 1. The molecular formula is C20H21N3O2S. The average molecular weight is 367 g/mol. The van der Waals surface area contributed by atoms with E-state index in [1.165, 1.54) is 11.3 Å². The second-order valence-electron chi connectivity index (χ2n) is 5.92. The molecule has 0 unspecified atom stereocenters. The number of methoxy groups -OCH3 is 1. The van der Waals surface area contributed by atoms with Crippen molar-refractivity contribution in [2.45, 2.75) is 20.3 Å². The number of anilines is 1. The second-order valence-corrected chi connectivity index (χ2v) is 6.87. The molecule has 0 aliphatic carbocycles. The first-order valence-electron chi connectivity index (χ1n) is 8.49. The number of para-hydroxylation sites is 1. The zero-order chi connectivity index (χ0) is 18.5. The van der Waals surface area contributed by atoms with E-state index in [2.05, 4.69) is 16.3 Å². The number of nitrogens with zero attached hydrogens (tertiary/aromatic N) is 3. The normalized spacial score (nSPS) is 10.6. The van der Waals surface area contributed by atoms with Crippen LogP contribution in [0, 0.1) is 6.92 Å². The van der Waals surface area contributed by atoms with Gasteiger partial charge in [0.15, 0.2) is 0 Å². The van der Waals surface area contributed by atoms with E-state index in [0.29, 0.717) is 23.0 Å². The predicted octanol–water partition coefficient (Wildman–Crippen LogP) is 4.58. The highest BCUT2D eigenvalue weighted by Crippen LogP contribution is 2.31. The monoisotopic (exact) mass is 367 g/mol. The van der Waals surface area contributed by atoms with Crippen LogP contribution < -0.4 is 9.64 Å². The Kier molecular flexibility index (Phi) is 5.63. The maximum Gasteiger partial charge on any atom is 0.263 e. The predicted molar refractivity (Wildman–Crippen MR) is 105 cm³/mol. The first kappa shape index (κ1) is 18.1. The van der Waals surface area contributed by atoms with Crippen LogP contribution in [0.5, 0.6) is 5.75 Å². The fourth-order valence-corrected chi connectivity index (χ4v) is 3.56. The van der Waals surface area contributed by atoms with Gasteiger partial charge in [0.05, 0.1) is 12.7 Å². The summed E-state index contributed by atoms with van der Waals surface area (Å²) in [5.74, 6) is 0.429. The molecule has 5 nitrogen and oxygen atoms in total. The third-order valence-corrected chi connectivity index (χ3v) is 4.94. The molecule has 0 aliphatic rings. The number of benzene rings is 2. The van der Waals surface area contributed by atoms with Crippen molar-refractivity contribution in [1.82, 2.24) is 10.2 Å². The van der Waals surface area contributed by atoms with E-state index >= 15 is 0 Å². The molecule has 0 saturated heterocycles. The van der Waals surface area contributed by atoms with Crippen molar-refractivity contribution in [3.63, 3.8) is 0 Å². The van der Waals surface area contributed by atoms with Gasteiger partial charge in [0, 0.05) is 12.1 Å². The van der Waals surface area contributed by atoms with Gasteiger partial charge in [-0.3, -0.25) is 9.69 Å². The van der Waals surface area contributed by atoms with Crippen LogP contribution in [0.25, 0.3) is 10.6 Å². The molecule has 1 aromatic heterocycles. The standard InChI is InChI=1S/C20H21N3O2S/c1-4-12-23(19(24)16-10-5-6-11-17(16)25-3)20-22-21-18(26-20)15-9-7-8-14(2)13-15/h5-11,13H,4,12H2,1-3H3. The number of amides is 1. The summed E-state index contributed by atoms with van der Waals surface area (Å²) in [4.78, 5) is 14.8. The molecule has 1 heterocycles. The van der Waals surface area contributed by atoms with E-state index in [9.17, 15) is 4.79 Å². The number of carbonyl (C=O) groups is 1. The quantitative estimate of drug-likeness (QED) is 0.640. The van der Waals surface area contributed by atoms with Gasteiger partial charge in [-0.15, -0.1) is 10.2 Å². The molecule has 2 aromatic carbocycles. The highest BCUT2D eigenvalue weighted by Gasteiger charge is 2.23. The fourth-order valence-electron chi connectivity index (χ4n) is 2.69. The Hall–Kier alpha value is -2.73. The van der Waals surface area contributed by atoms with E-state index in [1.807, 2.05) is 44.2 Å². The highest BCUT2D eigenvalue weighted by molar-refractivity contribution is 7.18. The third-order valence-electron chi connectivity index (χ3n) is 3.94. The second kappa shape index (κ2) is 8.10. The van der Waals surface area contributed by atoms with Crippen LogP contribution in [-0.4, -0.2) is 29.8 Å². The fraction of sp³-hybridized carbons (Fsp3) is 0.250. The molecule has 0 saturated carbocycles. The van der Waals surface area contributed by atoms with Crippen molar-refractivity contribution in [2.75, 3.05) is 18.6 Å². The first-order chi connectivity index (χ1) is 12.6. The molecule has 0 aliphatic heterocycles. The molecule has 0 radical (unpaired) electrons. The molecule has 6 heteroatoms. The van der Waals surface area contributed by atoms with E-state index in [1.54, 1.807) is 24.1 Å².